The van der Waals surface area contributed by atoms with Crippen LogP contribution in [-0.4, -0.2) is 34.9 Å². The smallest absolute Gasteiger partial charge is 0.263 e. The molecule has 0 bridgehead atoms. The van der Waals surface area contributed by atoms with Crippen LogP contribution >= 0.6 is 0 Å². The van der Waals surface area contributed by atoms with Gasteiger partial charge in [-0.3, -0.25) is 4.79 Å². The Morgan fingerprint density at radius 2 is 2.20 bits per heavy atom. The van der Waals surface area contributed by atoms with E-state index in [2.05, 4.69) is 10.3 Å². The summed E-state index contributed by atoms with van der Waals surface area (Å²) in [6, 6.07) is 0. The molecule has 1 amide bonds. The molecule has 1 fully saturated rings. The van der Waals surface area contributed by atoms with Gasteiger partial charge in [0, 0.05) is 24.9 Å². The minimum Gasteiger partial charge on any atom is -0.339 e. The fourth-order valence-corrected chi connectivity index (χ4v) is 2.18. The van der Waals surface area contributed by atoms with Crippen molar-refractivity contribution in [2.45, 2.75) is 26.2 Å². The number of rotatable bonds is 2. The standard InChI is InChI=1S/C12H17N5O3/c1-9-7-10(14-12(13-9)15-17(19)20)8-11(18)16-5-3-2-4-6-16/h7-8H,2-6H2,1H3,(H2,13,14,15)/b10-8-. The lowest BCUT2D eigenvalue weighted by Gasteiger charge is -2.25. The van der Waals surface area contributed by atoms with Crippen molar-refractivity contribution in [3.63, 3.8) is 0 Å². The maximum Gasteiger partial charge on any atom is 0.263 e. The highest BCUT2D eigenvalue weighted by molar-refractivity contribution is 5.90. The van der Waals surface area contributed by atoms with Crippen LogP contribution in [0.3, 0.4) is 0 Å². The SMILES string of the molecule is CC1=C/C(=C/C(=O)N2CCCCC2)N=C(N[N+](=O)[O-])N1. The summed E-state index contributed by atoms with van der Waals surface area (Å²) in [5.41, 5.74) is 3.04. The fraction of sp³-hybridized carbons (Fsp3) is 0.500. The molecule has 0 saturated carbocycles. The van der Waals surface area contributed by atoms with Crippen LogP contribution < -0.4 is 10.7 Å². The number of carbonyl (C=O) groups excluding carboxylic acids is 1. The summed E-state index contributed by atoms with van der Waals surface area (Å²) in [6.07, 6.45) is 6.27. The second-order valence-electron chi connectivity index (χ2n) is 4.74. The maximum absolute atomic E-state index is 12.1. The third-order valence-corrected chi connectivity index (χ3v) is 3.06. The van der Waals surface area contributed by atoms with E-state index < -0.39 is 5.03 Å². The van der Waals surface area contributed by atoms with Gasteiger partial charge in [0.15, 0.2) is 5.03 Å². The Bertz CT molecular complexity index is 499. The predicted molar refractivity (Wildman–Crippen MR) is 73.0 cm³/mol. The van der Waals surface area contributed by atoms with Gasteiger partial charge in [-0.2, -0.15) is 0 Å². The quantitative estimate of drug-likeness (QED) is 0.436. The van der Waals surface area contributed by atoms with E-state index in [9.17, 15) is 14.9 Å². The summed E-state index contributed by atoms with van der Waals surface area (Å²) in [4.78, 5) is 28.3. The summed E-state index contributed by atoms with van der Waals surface area (Å²) < 4.78 is 0. The molecule has 0 unspecified atom stereocenters. The number of nitrogens with zero attached hydrogens (tertiary/aromatic N) is 3. The van der Waals surface area contributed by atoms with Crippen molar-refractivity contribution in [3.05, 3.63) is 33.7 Å². The first kappa shape index (κ1) is 14.0. The molecule has 0 aromatic rings. The molecule has 0 atom stereocenters. The van der Waals surface area contributed by atoms with E-state index in [4.69, 9.17) is 0 Å². The first-order valence-electron chi connectivity index (χ1n) is 6.50. The predicted octanol–water partition coefficient (Wildman–Crippen LogP) is 0.527. The monoisotopic (exact) mass is 279 g/mol. The molecule has 2 N–H and O–H groups in total. The van der Waals surface area contributed by atoms with Gasteiger partial charge >= 0.3 is 0 Å². The van der Waals surface area contributed by atoms with Crippen molar-refractivity contribution < 1.29 is 9.83 Å². The van der Waals surface area contributed by atoms with Crippen molar-refractivity contribution in [3.8, 4) is 0 Å². The third-order valence-electron chi connectivity index (χ3n) is 3.06. The molecule has 108 valence electrons. The van der Waals surface area contributed by atoms with Crippen LogP contribution in [0.25, 0.3) is 0 Å². The average Bonchev–Trinajstić information content (AvgIpc) is 2.38. The molecule has 2 aliphatic rings. The van der Waals surface area contributed by atoms with Crippen LogP contribution in [0.1, 0.15) is 26.2 Å². The second-order valence-corrected chi connectivity index (χ2v) is 4.74. The largest absolute Gasteiger partial charge is 0.339 e. The van der Waals surface area contributed by atoms with Gasteiger partial charge in [0.2, 0.25) is 5.91 Å². The zero-order valence-corrected chi connectivity index (χ0v) is 11.3. The number of guanidine groups is 1. The van der Waals surface area contributed by atoms with Gasteiger partial charge in [-0.1, -0.05) is 5.43 Å². The number of carbonyl (C=O) groups is 1. The summed E-state index contributed by atoms with van der Waals surface area (Å²) >= 11 is 0. The van der Waals surface area contributed by atoms with Crippen molar-refractivity contribution in [1.82, 2.24) is 15.6 Å². The van der Waals surface area contributed by atoms with Gasteiger partial charge in [0.25, 0.3) is 5.96 Å². The van der Waals surface area contributed by atoms with Crippen LogP contribution in [0.15, 0.2) is 28.5 Å². The Hall–Kier alpha value is -2.38. The van der Waals surface area contributed by atoms with Gasteiger partial charge in [-0.15, -0.1) is 0 Å². The van der Waals surface area contributed by atoms with E-state index in [1.165, 1.54) is 6.08 Å². The van der Waals surface area contributed by atoms with Gasteiger partial charge in [0.1, 0.15) is 0 Å². The summed E-state index contributed by atoms with van der Waals surface area (Å²) in [5, 5.41) is 12.4. The molecule has 8 nitrogen and oxygen atoms in total. The lowest BCUT2D eigenvalue weighted by atomic mass is 10.1. The molecule has 2 heterocycles. The van der Waals surface area contributed by atoms with E-state index in [1.807, 2.05) is 5.43 Å². The van der Waals surface area contributed by atoms with Crippen molar-refractivity contribution in [2.75, 3.05) is 13.1 Å². The third kappa shape index (κ3) is 3.81. The Kier molecular flexibility index (Phi) is 4.34. The lowest BCUT2D eigenvalue weighted by Crippen LogP contribution is -2.41. The number of amides is 1. The molecule has 0 spiro atoms. The minimum atomic E-state index is -0.700. The van der Waals surface area contributed by atoms with Crippen LogP contribution in [-0.2, 0) is 4.79 Å². The highest BCUT2D eigenvalue weighted by Gasteiger charge is 2.17. The van der Waals surface area contributed by atoms with Gasteiger partial charge in [-0.05, 0) is 32.3 Å². The minimum absolute atomic E-state index is 0.00712. The van der Waals surface area contributed by atoms with E-state index in [1.54, 1.807) is 17.9 Å². The molecule has 2 aliphatic heterocycles. The normalized spacial score (nSPS) is 20.9. The molecule has 8 heteroatoms. The number of nitrogens with one attached hydrogen (secondary N) is 2. The number of piperidine rings is 1. The Morgan fingerprint density at radius 1 is 1.50 bits per heavy atom. The first-order valence-corrected chi connectivity index (χ1v) is 6.50. The van der Waals surface area contributed by atoms with E-state index in [0.717, 1.165) is 32.4 Å². The molecule has 1 saturated heterocycles. The Labute approximate surface area is 116 Å². The van der Waals surface area contributed by atoms with Crippen molar-refractivity contribution >= 4 is 11.9 Å². The molecule has 0 radical (unpaired) electrons. The van der Waals surface area contributed by atoms with Crippen molar-refractivity contribution in [2.24, 2.45) is 4.99 Å². The fourth-order valence-electron chi connectivity index (χ4n) is 2.18. The molecule has 0 aromatic carbocycles. The van der Waals surface area contributed by atoms with Crippen LogP contribution in [0.2, 0.25) is 0 Å². The Morgan fingerprint density at radius 3 is 2.85 bits per heavy atom. The molecule has 20 heavy (non-hydrogen) atoms. The average molecular weight is 279 g/mol. The molecule has 2 rings (SSSR count). The van der Waals surface area contributed by atoms with E-state index in [-0.39, 0.29) is 11.9 Å². The van der Waals surface area contributed by atoms with Gasteiger partial charge in [-0.25, -0.2) is 15.1 Å². The summed E-state index contributed by atoms with van der Waals surface area (Å²) in [6.45, 7) is 3.26. The van der Waals surface area contributed by atoms with Crippen molar-refractivity contribution in [1.29, 1.82) is 0 Å². The molecular weight excluding hydrogens is 262 g/mol. The number of hydrogen-bond donors (Lipinski definition) is 2. The maximum atomic E-state index is 12.1. The van der Waals surface area contributed by atoms with E-state index >= 15 is 0 Å². The lowest BCUT2D eigenvalue weighted by molar-refractivity contribution is -0.525. The Balaban J connectivity index is 2.10. The first-order chi connectivity index (χ1) is 9.54. The second kappa shape index (κ2) is 6.18. The van der Waals surface area contributed by atoms with Crippen LogP contribution in [0, 0.1) is 10.1 Å². The number of hydrogen-bond acceptors (Lipinski definition) is 5. The van der Waals surface area contributed by atoms with Gasteiger partial charge < -0.3 is 10.2 Å². The number of aliphatic imine (C=N–C) groups is 1. The molecule has 0 aliphatic carbocycles. The van der Waals surface area contributed by atoms with Crippen LogP contribution in [0.5, 0.6) is 0 Å². The molecular formula is C12H17N5O3. The summed E-state index contributed by atoms with van der Waals surface area (Å²) in [7, 11) is 0. The highest BCUT2D eigenvalue weighted by atomic mass is 16.7. The topological polar surface area (TPSA) is 99.9 Å². The zero-order valence-electron chi connectivity index (χ0n) is 11.3. The number of hydrazine groups is 1. The number of nitro groups is 1. The summed E-state index contributed by atoms with van der Waals surface area (Å²) in [5.74, 6) is -0.0949. The van der Waals surface area contributed by atoms with E-state index in [0.29, 0.717) is 11.4 Å². The zero-order chi connectivity index (χ0) is 14.5. The molecule has 0 aromatic heterocycles. The highest BCUT2D eigenvalue weighted by Crippen LogP contribution is 2.12. The van der Waals surface area contributed by atoms with Crippen LogP contribution in [0.4, 0.5) is 0 Å². The number of likely N-dealkylation sites (tertiary alicyclic amines) is 1. The van der Waals surface area contributed by atoms with Gasteiger partial charge in [0.05, 0.1) is 5.70 Å². The number of allylic oxidation sites excluding steroid dienone is 2.